The zero-order valence-corrected chi connectivity index (χ0v) is 30.8. The molecule has 0 fully saturated rings. The maximum absolute atomic E-state index is 5.28. The average molecular weight is 731 g/mol. The van der Waals surface area contributed by atoms with Crippen molar-refractivity contribution in [2.75, 3.05) is 0 Å². The summed E-state index contributed by atoms with van der Waals surface area (Å²) in [6.45, 7) is 0. The van der Waals surface area contributed by atoms with E-state index < -0.39 is 0 Å². The lowest BCUT2D eigenvalue weighted by Gasteiger charge is -2.15. The summed E-state index contributed by atoms with van der Waals surface area (Å²) in [7, 11) is 0. The van der Waals surface area contributed by atoms with Crippen LogP contribution in [0.25, 0.3) is 114 Å². The number of rotatable bonds is 4. The van der Waals surface area contributed by atoms with E-state index >= 15 is 0 Å². The Morgan fingerprint density at radius 3 is 1.52 bits per heavy atom. The van der Waals surface area contributed by atoms with Crippen molar-refractivity contribution in [1.29, 1.82) is 0 Å². The largest absolute Gasteiger partial charge is 0.309 e. The summed E-state index contributed by atoms with van der Waals surface area (Å²) < 4.78 is 4.97. The van der Waals surface area contributed by atoms with Crippen LogP contribution in [0.5, 0.6) is 0 Å². The van der Waals surface area contributed by atoms with Crippen molar-refractivity contribution in [3.63, 3.8) is 0 Å². The number of hydrogen-bond acceptors (Lipinski definition) is 4. The van der Waals surface area contributed by atoms with Gasteiger partial charge in [0.2, 0.25) is 0 Å². The molecule has 260 valence electrons. The molecule has 0 saturated carbocycles. The van der Waals surface area contributed by atoms with Crippen LogP contribution in [0.3, 0.4) is 0 Å². The summed E-state index contributed by atoms with van der Waals surface area (Å²) in [5.74, 6) is 1.92. The molecule has 0 aliphatic rings. The number of hydrogen-bond donors (Lipinski definition) is 0. The van der Waals surface area contributed by atoms with E-state index in [1.807, 2.05) is 29.5 Å². The molecule has 12 aromatic rings. The van der Waals surface area contributed by atoms with Gasteiger partial charge in [0.05, 0.1) is 16.7 Å². The first-order valence-corrected chi connectivity index (χ1v) is 19.7. The molecule has 0 atom stereocenters. The van der Waals surface area contributed by atoms with Gasteiger partial charge in [-0.15, -0.1) is 11.3 Å². The highest BCUT2D eigenvalue weighted by atomic mass is 32.1. The third-order valence-corrected chi connectivity index (χ3v) is 12.3. The number of aromatic nitrogens is 4. The Labute approximate surface area is 325 Å². The molecule has 0 aliphatic carbocycles. The van der Waals surface area contributed by atoms with Gasteiger partial charge in [-0.1, -0.05) is 121 Å². The highest BCUT2D eigenvalue weighted by Crippen LogP contribution is 2.41. The van der Waals surface area contributed by atoms with Gasteiger partial charge in [0.15, 0.2) is 17.5 Å². The van der Waals surface area contributed by atoms with Gasteiger partial charge < -0.3 is 4.57 Å². The Balaban J connectivity index is 1.14. The van der Waals surface area contributed by atoms with Crippen LogP contribution in [0.1, 0.15) is 0 Å². The minimum absolute atomic E-state index is 0.632. The van der Waals surface area contributed by atoms with Crippen molar-refractivity contribution in [1.82, 2.24) is 19.5 Å². The third kappa shape index (κ3) is 4.88. The van der Waals surface area contributed by atoms with Crippen LogP contribution < -0.4 is 0 Å². The standard InChI is InChI=1S/C51H30N4S/c1-2-12-31(13-3-1)49-52-50(37-22-23-48-43(27-37)40-20-10-11-21-47(40)56-48)54-51(53-49)38-24-36-18-8-9-19-39(36)44(30-38)55-45-28-34-16-6-4-14-32(34)25-41(45)42-26-33-15-5-7-17-35(33)29-46(42)55/h1-30H. The van der Waals surface area contributed by atoms with Gasteiger partial charge in [-0.25, -0.2) is 15.0 Å². The summed E-state index contributed by atoms with van der Waals surface area (Å²) in [6, 6.07) is 65.2. The lowest BCUT2D eigenvalue weighted by molar-refractivity contribution is 1.07. The molecule has 0 amide bonds. The van der Waals surface area contributed by atoms with Crippen LogP contribution in [0.15, 0.2) is 182 Å². The second-order valence-corrected chi connectivity index (χ2v) is 15.6. The lowest BCUT2D eigenvalue weighted by Crippen LogP contribution is -2.02. The average Bonchev–Trinajstić information content (AvgIpc) is 3.78. The maximum atomic E-state index is 5.28. The summed E-state index contributed by atoms with van der Waals surface area (Å²) in [5, 5.41) is 12.1. The van der Waals surface area contributed by atoms with E-state index in [1.165, 1.54) is 52.5 Å². The van der Waals surface area contributed by atoms with Gasteiger partial charge in [-0.3, -0.25) is 0 Å². The highest BCUT2D eigenvalue weighted by Gasteiger charge is 2.20. The molecule has 5 heteroatoms. The molecular weight excluding hydrogens is 701 g/mol. The van der Waals surface area contributed by atoms with Crippen LogP contribution in [0.2, 0.25) is 0 Å². The highest BCUT2D eigenvalue weighted by molar-refractivity contribution is 7.25. The predicted molar refractivity (Wildman–Crippen MR) is 236 cm³/mol. The van der Waals surface area contributed by atoms with Gasteiger partial charge >= 0.3 is 0 Å². The van der Waals surface area contributed by atoms with Gasteiger partial charge in [0, 0.05) is 53.0 Å². The van der Waals surface area contributed by atoms with E-state index in [4.69, 9.17) is 15.0 Å². The molecular formula is C51H30N4S. The first-order valence-electron chi connectivity index (χ1n) is 18.8. The smallest absolute Gasteiger partial charge is 0.164 e. The van der Waals surface area contributed by atoms with Gasteiger partial charge in [0.1, 0.15) is 0 Å². The molecule has 0 radical (unpaired) electrons. The molecule has 3 heterocycles. The fourth-order valence-corrected chi connectivity index (χ4v) is 9.55. The molecule has 0 N–H and O–H groups in total. The van der Waals surface area contributed by atoms with Gasteiger partial charge in [0.25, 0.3) is 0 Å². The van der Waals surface area contributed by atoms with Crippen LogP contribution >= 0.6 is 11.3 Å². The number of fused-ring (bicyclic) bond motifs is 9. The minimum Gasteiger partial charge on any atom is -0.309 e. The topological polar surface area (TPSA) is 43.6 Å². The van der Waals surface area contributed by atoms with Crippen LogP contribution in [0.4, 0.5) is 0 Å². The van der Waals surface area contributed by atoms with Crippen molar-refractivity contribution in [3.8, 4) is 39.9 Å². The van der Waals surface area contributed by atoms with E-state index in [0.717, 1.165) is 44.2 Å². The fourth-order valence-electron chi connectivity index (χ4n) is 8.47. The first kappa shape index (κ1) is 31.2. The molecule has 4 nitrogen and oxygen atoms in total. The Bertz CT molecular complexity index is 3450. The third-order valence-electron chi connectivity index (χ3n) is 11.1. The first-order chi connectivity index (χ1) is 27.7. The number of thiophene rings is 1. The van der Waals surface area contributed by atoms with Crippen molar-refractivity contribution in [2.45, 2.75) is 0 Å². The fraction of sp³-hybridized carbons (Fsp3) is 0. The van der Waals surface area contributed by atoms with Crippen molar-refractivity contribution in [3.05, 3.63) is 182 Å². The van der Waals surface area contributed by atoms with E-state index in [-0.39, 0.29) is 0 Å². The normalized spacial score (nSPS) is 11.9. The quantitative estimate of drug-likeness (QED) is 0.181. The van der Waals surface area contributed by atoms with Gasteiger partial charge in [-0.05, 0) is 87.6 Å². The van der Waals surface area contributed by atoms with Crippen LogP contribution in [-0.2, 0) is 0 Å². The maximum Gasteiger partial charge on any atom is 0.164 e. The summed E-state index contributed by atoms with van der Waals surface area (Å²) in [4.78, 5) is 15.6. The van der Waals surface area contributed by atoms with Crippen molar-refractivity contribution >= 4 is 85.6 Å². The zero-order chi connectivity index (χ0) is 36.7. The zero-order valence-electron chi connectivity index (χ0n) is 30.0. The lowest BCUT2D eigenvalue weighted by atomic mass is 10.0. The Morgan fingerprint density at radius 1 is 0.321 bits per heavy atom. The summed E-state index contributed by atoms with van der Waals surface area (Å²) in [5.41, 5.74) is 6.24. The monoisotopic (exact) mass is 730 g/mol. The molecule has 0 unspecified atom stereocenters. The molecule has 56 heavy (non-hydrogen) atoms. The van der Waals surface area contributed by atoms with E-state index in [2.05, 4.69) is 168 Å². The summed E-state index contributed by atoms with van der Waals surface area (Å²) >= 11 is 1.81. The Hall–Kier alpha value is -7.21. The number of nitrogens with zero attached hydrogens (tertiary/aromatic N) is 4. The summed E-state index contributed by atoms with van der Waals surface area (Å²) in [6.07, 6.45) is 0. The molecule has 0 spiro atoms. The second kappa shape index (κ2) is 12.2. The number of benzene rings is 9. The van der Waals surface area contributed by atoms with E-state index in [1.54, 1.807) is 0 Å². The predicted octanol–water partition coefficient (Wildman–Crippen LogP) is 13.8. The molecule has 0 saturated heterocycles. The van der Waals surface area contributed by atoms with Gasteiger partial charge in [-0.2, -0.15) is 0 Å². The molecule has 3 aromatic heterocycles. The molecule has 9 aromatic carbocycles. The van der Waals surface area contributed by atoms with E-state index in [0.29, 0.717) is 17.5 Å². The Kier molecular flexibility index (Phi) is 6.76. The van der Waals surface area contributed by atoms with Crippen LogP contribution in [0, 0.1) is 0 Å². The Morgan fingerprint density at radius 2 is 0.839 bits per heavy atom. The van der Waals surface area contributed by atoms with E-state index in [9.17, 15) is 0 Å². The second-order valence-electron chi connectivity index (χ2n) is 14.5. The minimum atomic E-state index is 0.632. The SMILES string of the molecule is c1ccc(-c2nc(-c3cc(-n4c5cc6ccccc6cc5c5cc6ccccc6cc54)c4ccccc4c3)nc(-c3ccc4sc5ccccc5c4c3)n2)cc1. The van der Waals surface area contributed by atoms with Crippen LogP contribution in [-0.4, -0.2) is 19.5 Å². The van der Waals surface area contributed by atoms with Crippen molar-refractivity contribution in [2.24, 2.45) is 0 Å². The molecule has 0 aliphatic heterocycles. The molecule has 0 bridgehead atoms. The van der Waals surface area contributed by atoms with Crippen molar-refractivity contribution < 1.29 is 0 Å². The molecule has 12 rings (SSSR count).